The van der Waals surface area contributed by atoms with Gasteiger partial charge in [-0.15, -0.1) is 0 Å². The van der Waals surface area contributed by atoms with Gasteiger partial charge in [-0.25, -0.2) is 0 Å². The lowest BCUT2D eigenvalue weighted by Crippen LogP contribution is -2.60. The summed E-state index contributed by atoms with van der Waals surface area (Å²) in [5.41, 5.74) is 1.02. The van der Waals surface area contributed by atoms with E-state index in [-0.39, 0.29) is 23.9 Å². The summed E-state index contributed by atoms with van der Waals surface area (Å²) >= 11 is 6.13. The largest absolute Gasteiger partial charge is 0.343 e. The van der Waals surface area contributed by atoms with Gasteiger partial charge >= 0.3 is 0 Å². The molecule has 0 aromatic heterocycles. The van der Waals surface area contributed by atoms with E-state index < -0.39 is 6.04 Å². The Morgan fingerprint density at radius 1 is 1.38 bits per heavy atom. The molecule has 0 spiro atoms. The van der Waals surface area contributed by atoms with Crippen LogP contribution in [0.4, 0.5) is 0 Å². The average molecular weight is 308 g/mol. The van der Waals surface area contributed by atoms with E-state index in [1.165, 1.54) is 0 Å². The third kappa shape index (κ3) is 2.76. The summed E-state index contributed by atoms with van der Waals surface area (Å²) in [5, 5.41) is 6.84. The van der Waals surface area contributed by atoms with Gasteiger partial charge in [-0.2, -0.15) is 0 Å². The number of amides is 2. The molecule has 2 amide bonds. The van der Waals surface area contributed by atoms with Gasteiger partial charge in [0.1, 0.15) is 12.1 Å². The molecule has 2 aliphatic rings. The molecule has 2 fully saturated rings. The van der Waals surface area contributed by atoms with Crippen LogP contribution < -0.4 is 10.6 Å². The smallest absolute Gasteiger partial charge is 0.245 e. The maximum atomic E-state index is 12.1. The molecule has 0 bridgehead atoms. The first-order valence-corrected chi connectivity index (χ1v) is 7.51. The van der Waals surface area contributed by atoms with Crippen LogP contribution in [-0.2, 0) is 16.1 Å². The first-order chi connectivity index (χ1) is 10.1. The zero-order valence-electron chi connectivity index (χ0n) is 11.8. The van der Waals surface area contributed by atoms with Crippen molar-refractivity contribution in [3.05, 3.63) is 34.9 Å². The molecule has 0 radical (unpaired) electrons. The van der Waals surface area contributed by atoms with Crippen LogP contribution in [0.15, 0.2) is 24.3 Å². The normalized spacial score (nSPS) is 28.5. The molecule has 2 aliphatic heterocycles. The SMILES string of the molecule is C[C@H]1NC(=O)[C@@H]2C[C@H](NCc3ccccc3Cl)CN2C1=O. The Balaban J connectivity index is 1.63. The Kier molecular flexibility index (Phi) is 3.87. The van der Waals surface area contributed by atoms with E-state index >= 15 is 0 Å². The molecule has 2 N–H and O–H groups in total. The summed E-state index contributed by atoms with van der Waals surface area (Å²) in [5.74, 6) is -0.0502. The van der Waals surface area contributed by atoms with Crippen LogP contribution >= 0.6 is 11.6 Å². The van der Waals surface area contributed by atoms with Crippen LogP contribution in [0, 0.1) is 0 Å². The predicted octanol–water partition coefficient (Wildman–Crippen LogP) is 0.917. The molecule has 0 unspecified atom stereocenters. The minimum Gasteiger partial charge on any atom is -0.343 e. The highest BCUT2D eigenvalue weighted by atomic mass is 35.5. The van der Waals surface area contributed by atoms with Crippen LogP contribution in [0.1, 0.15) is 18.9 Å². The molecule has 0 saturated carbocycles. The molecular formula is C15H18ClN3O2. The monoisotopic (exact) mass is 307 g/mol. The van der Waals surface area contributed by atoms with Crippen LogP contribution in [0.25, 0.3) is 0 Å². The molecule has 2 saturated heterocycles. The van der Waals surface area contributed by atoms with Gasteiger partial charge in [0.25, 0.3) is 0 Å². The van der Waals surface area contributed by atoms with Gasteiger partial charge in [0.15, 0.2) is 0 Å². The molecule has 6 heteroatoms. The summed E-state index contributed by atoms with van der Waals surface area (Å²) in [4.78, 5) is 25.7. The van der Waals surface area contributed by atoms with Crippen molar-refractivity contribution >= 4 is 23.4 Å². The number of rotatable bonds is 3. The Morgan fingerprint density at radius 2 is 2.14 bits per heavy atom. The fourth-order valence-corrected chi connectivity index (χ4v) is 3.19. The van der Waals surface area contributed by atoms with E-state index in [1.54, 1.807) is 11.8 Å². The van der Waals surface area contributed by atoms with Crippen LogP contribution in [0.3, 0.4) is 0 Å². The second kappa shape index (κ2) is 5.66. The highest BCUT2D eigenvalue weighted by Gasteiger charge is 2.44. The number of benzene rings is 1. The predicted molar refractivity (Wildman–Crippen MR) is 79.8 cm³/mol. The van der Waals surface area contributed by atoms with Crippen molar-refractivity contribution < 1.29 is 9.59 Å². The molecule has 3 rings (SSSR count). The number of piperazine rings is 1. The summed E-state index contributed by atoms with van der Waals surface area (Å²) in [6, 6.07) is 7.03. The van der Waals surface area contributed by atoms with Crippen LogP contribution in [0.5, 0.6) is 0 Å². The summed E-state index contributed by atoms with van der Waals surface area (Å²) in [6.45, 7) is 2.93. The highest BCUT2D eigenvalue weighted by molar-refractivity contribution is 6.31. The second-order valence-electron chi connectivity index (χ2n) is 5.64. The Hall–Kier alpha value is -1.59. The van der Waals surface area contributed by atoms with Gasteiger partial charge in [-0.3, -0.25) is 9.59 Å². The molecule has 3 atom stereocenters. The van der Waals surface area contributed by atoms with Crippen molar-refractivity contribution in [3.8, 4) is 0 Å². The van der Waals surface area contributed by atoms with Gasteiger partial charge in [0.2, 0.25) is 11.8 Å². The van der Waals surface area contributed by atoms with Gasteiger partial charge in [0.05, 0.1) is 0 Å². The van der Waals surface area contributed by atoms with Crippen molar-refractivity contribution in [2.75, 3.05) is 6.54 Å². The number of halogens is 1. The van der Waals surface area contributed by atoms with Crippen molar-refractivity contribution in [1.29, 1.82) is 0 Å². The van der Waals surface area contributed by atoms with Crippen molar-refractivity contribution in [3.63, 3.8) is 0 Å². The lowest BCUT2D eigenvalue weighted by molar-refractivity contribution is -0.146. The number of nitrogens with zero attached hydrogens (tertiary/aromatic N) is 1. The van der Waals surface area contributed by atoms with Crippen molar-refractivity contribution in [2.45, 2.75) is 38.0 Å². The summed E-state index contributed by atoms with van der Waals surface area (Å²) in [6.07, 6.45) is 0.648. The second-order valence-corrected chi connectivity index (χ2v) is 6.05. The number of carbonyl (C=O) groups excluding carboxylic acids is 2. The quantitative estimate of drug-likeness (QED) is 0.873. The summed E-state index contributed by atoms with van der Waals surface area (Å²) in [7, 11) is 0. The van der Waals surface area contributed by atoms with Crippen LogP contribution in [0.2, 0.25) is 5.02 Å². The third-order valence-electron chi connectivity index (χ3n) is 4.16. The Morgan fingerprint density at radius 3 is 2.90 bits per heavy atom. The Labute approximate surface area is 128 Å². The highest BCUT2D eigenvalue weighted by Crippen LogP contribution is 2.23. The third-order valence-corrected chi connectivity index (χ3v) is 4.52. The van der Waals surface area contributed by atoms with Gasteiger partial charge in [-0.1, -0.05) is 29.8 Å². The van der Waals surface area contributed by atoms with Crippen molar-refractivity contribution in [1.82, 2.24) is 15.5 Å². The molecule has 5 nitrogen and oxygen atoms in total. The van der Waals surface area contributed by atoms with E-state index in [0.717, 1.165) is 10.6 Å². The zero-order chi connectivity index (χ0) is 15.0. The lowest BCUT2D eigenvalue weighted by Gasteiger charge is -2.32. The fraction of sp³-hybridized carbons (Fsp3) is 0.467. The van der Waals surface area contributed by atoms with E-state index in [9.17, 15) is 9.59 Å². The average Bonchev–Trinajstić information content (AvgIpc) is 2.89. The zero-order valence-corrected chi connectivity index (χ0v) is 12.6. The number of hydrogen-bond donors (Lipinski definition) is 2. The van der Waals surface area contributed by atoms with E-state index in [4.69, 9.17) is 11.6 Å². The minimum absolute atomic E-state index is 0.00152. The van der Waals surface area contributed by atoms with Gasteiger partial charge in [-0.05, 0) is 25.0 Å². The lowest BCUT2D eigenvalue weighted by atomic mass is 10.1. The van der Waals surface area contributed by atoms with E-state index in [2.05, 4.69) is 10.6 Å². The van der Waals surface area contributed by atoms with Crippen molar-refractivity contribution in [2.24, 2.45) is 0 Å². The molecule has 112 valence electrons. The number of hydrogen-bond acceptors (Lipinski definition) is 3. The molecular weight excluding hydrogens is 290 g/mol. The molecule has 1 aromatic rings. The minimum atomic E-state index is -0.420. The number of carbonyl (C=O) groups is 2. The standard InChI is InChI=1S/C15H18ClN3O2/c1-9-15(21)19-8-11(6-13(19)14(20)18-9)17-7-10-4-2-3-5-12(10)16/h2-5,9,11,13,17H,6-8H2,1H3,(H,18,20)/t9-,11+,13+/m1/s1. The first kappa shape index (κ1) is 14.4. The Bertz CT molecular complexity index is 578. The van der Waals surface area contributed by atoms with Gasteiger partial charge in [0, 0.05) is 24.2 Å². The molecule has 1 aromatic carbocycles. The maximum Gasteiger partial charge on any atom is 0.245 e. The number of nitrogens with one attached hydrogen (secondary N) is 2. The van der Waals surface area contributed by atoms with Crippen LogP contribution in [-0.4, -0.2) is 41.4 Å². The maximum absolute atomic E-state index is 12.1. The van der Waals surface area contributed by atoms with E-state index in [0.29, 0.717) is 19.5 Å². The first-order valence-electron chi connectivity index (χ1n) is 7.14. The number of fused-ring (bicyclic) bond motifs is 1. The summed E-state index contributed by atoms with van der Waals surface area (Å²) < 4.78 is 0. The van der Waals surface area contributed by atoms with E-state index in [1.807, 2.05) is 24.3 Å². The topological polar surface area (TPSA) is 61.4 Å². The van der Waals surface area contributed by atoms with Gasteiger partial charge < -0.3 is 15.5 Å². The fourth-order valence-electron chi connectivity index (χ4n) is 2.99. The molecule has 21 heavy (non-hydrogen) atoms. The molecule has 2 heterocycles. The molecule has 0 aliphatic carbocycles.